The number of nitrogens with zero attached hydrogens (tertiary/aromatic N) is 4. The molecule has 0 atom stereocenters. The van der Waals surface area contributed by atoms with Gasteiger partial charge in [-0.2, -0.15) is 0 Å². The molecule has 0 radical (unpaired) electrons. The molecular formula is C46H28N4O. The van der Waals surface area contributed by atoms with Gasteiger partial charge in [-0.15, -0.1) is 0 Å². The largest absolute Gasteiger partial charge is 0.456 e. The van der Waals surface area contributed by atoms with Crippen molar-refractivity contribution in [1.29, 1.82) is 0 Å². The number of aromatic nitrogens is 4. The molecule has 0 N–H and O–H groups in total. The number of hydrogen-bond acceptors (Lipinski definition) is 5. The summed E-state index contributed by atoms with van der Waals surface area (Å²) in [5.41, 5.74) is 9.73. The monoisotopic (exact) mass is 652 g/mol. The molecule has 7 aromatic carbocycles. The summed E-state index contributed by atoms with van der Waals surface area (Å²) in [5, 5.41) is 5.54. The van der Waals surface area contributed by atoms with Crippen molar-refractivity contribution in [3.05, 3.63) is 170 Å². The van der Waals surface area contributed by atoms with Gasteiger partial charge in [0.15, 0.2) is 17.5 Å². The lowest BCUT2D eigenvalue weighted by Gasteiger charge is -2.11. The van der Waals surface area contributed by atoms with E-state index in [-0.39, 0.29) is 0 Å². The third-order valence-electron chi connectivity index (χ3n) is 9.52. The minimum Gasteiger partial charge on any atom is -0.456 e. The molecule has 0 spiro atoms. The predicted octanol–water partition coefficient (Wildman–Crippen LogP) is 11.8. The van der Waals surface area contributed by atoms with E-state index in [0.29, 0.717) is 17.5 Å². The van der Waals surface area contributed by atoms with Crippen molar-refractivity contribution in [3.63, 3.8) is 0 Å². The molecule has 238 valence electrons. The SMILES string of the molecule is c1ccc(-c2nc(-c3ccccc3)nc(-c3ccc(-c4ccc5oc6ccc7c(-c8ccccc8)nc8ccccc8c7c6c5c4)cc3)n2)cc1. The predicted molar refractivity (Wildman–Crippen MR) is 207 cm³/mol. The number of rotatable bonds is 5. The molecule has 5 nitrogen and oxygen atoms in total. The Bertz CT molecular complexity index is 2830. The molecular weight excluding hydrogens is 625 g/mol. The van der Waals surface area contributed by atoms with Crippen LogP contribution in [0.3, 0.4) is 0 Å². The lowest BCUT2D eigenvalue weighted by atomic mass is 9.95. The van der Waals surface area contributed by atoms with Crippen LogP contribution in [0.1, 0.15) is 0 Å². The molecule has 3 aromatic heterocycles. The van der Waals surface area contributed by atoms with Crippen LogP contribution in [0.4, 0.5) is 0 Å². The van der Waals surface area contributed by atoms with Crippen LogP contribution in [0, 0.1) is 0 Å². The van der Waals surface area contributed by atoms with E-state index in [1.165, 1.54) is 0 Å². The topological polar surface area (TPSA) is 64.7 Å². The summed E-state index contributed by atoms with van der Waals surface area (Å²) in [4.78, 5) is 19.8. The van der Waals surface area contributed by atoms with E-state index in [4.69, 9.17) is 24.4 Å². The van der Waals surface area contributed by atoms with Crippen LogP contribution >= 0.6 is 0 Å². The normalized spacial score (nSPS) is 11.5. The summed E-state index contributed by atoms with van der Waals surface area (Å²) in [6.07, 6.45) is 0. The van der Waals surface area contributed by atoms with Crippen molar-refractivity contribution in [2.45, 2.75) is 0 Å². The van der Waals surface area contributed by atoms with Crippen molar-refractivity contribution < 1.29 is 4.42 Å². The maximum atomic E-state index is 6.48. The first-order valence-electron chi connectivity index (χ1n) is 17.0. The van der Waals surface area contributed by atoms with Gasteiger partial charge >= 0.3 is 0 Å². The molecule has 0 unspecified atom stereocenters. The average molecular weight is 653 g/mol. The van der Waals surface area contributed by atoms with Crippen molar-refractivity contribution >= 4 is 43.6 Å². The molecule has 10 rings (SSSR count). The second-order valence-electron chi connectivity index (χ2n) is 12.6. The fourth-order valence-corrected chi connectivity index (χ4v) is 7.05. The van der Waals surface area contributed by atoms with Crippen molar-refractivity contribution in [1.82, 2.24) is 19.9 Å². The Morgan fingerprint density at radius 3 is 1.47 bits per heavy atom. The minimum absolute atomic E-state index is 0.631. The molecule has 0 aliphatic rings. The van der Waals surface area contributed by atoms with Gasteiger partial charge in [0, 0.05) is 49.2 Å². The van der Waals surface area contributed by atoms with Gasteiger partial charge in [-0.05, 0) is 41.5 Å². The Hall–Kier alpha value is -6.98. The first-order chi connectivity index (χ1) is 25.3. The van der Waals surface area contributed by atoms with E-state index < -0.39 is 0 Å². The van der Waals surface area contributed by atoms with Crippen molar-refractivity contribution in [2.24, 2.45) is 0 Å². The maximum absolute atomic E-state index is 6.48. The smallest absolute Gasteiger partial charge is 0.164 e. The third-order valence-corrected chi connectivity index (χ3v) is 9.52. The summed E-state index contributed by atoms with van der Waals surface area (Å²) >= 11 is 0. The summed E-state index contributed by atoms with van der Waals surface area (Å²) in [7, 11) is 0. The Morgan fingerprint density at radius 2 is 0.824 bits per heavy atom. The number of para-hydroxylation sites is 1. The van der Waals surface area contributed by atoms with Gasteiger partial charge in [0.1, 0.15) is 11.2 Å². The fourth-order valence-electron chi connectivity index (χ4n) is 7.05. The van der Waals surface area contributed by atoms with Gasteiger partial charge in [-0.25, -0.2) is 19.9 Å². The highest BCUT2D eigenvalue weighted by Gasteiger charge is 2.18. The van der Waals surface area contributed by atoms with Crippen LogP contribution in [-0.4, -0.2) is 19.9 Å². The standard InChI is InChI=1S/C46H28N4O/c1-4-12-30(13-5-1)43-36-25-27-40-42(41(36)35-18-10-11-19-38(35)47-43)37-28-34(24-26-39(37)51-40)29-20-22-33(23-21-29)46-49-44(31-14-6-2-7-15-31)48-45(50-46)32-16-8-3-9-17-32/h1-28H. The molecule has 10 aromatic rings. The first-order valence-corrected chi connectivity index (χ1v) is 17.0. The van der Waals surface area contributed by atoms with Gasteiger partial charge < -0.3 is 4.42 Å². The molecule has 0 aliphatic heterocycles. The second-order valence-corrected chi connectivity index (χ2v) is 12.6. The molecule has 0 amide bonds. The maximum Gasteiger partial charge on any atom is 0.164 e. The number of furan rings is 1. The molecule has 0 saturated heterocycles. The lowest BCUT2D eigenvalue weighted by molar-refractivity contribution is 0.669. The second kappa shape index (κ2) is 11.9. The molecule has 5 heteroatoms. The van der Waals surface area contributed by atoms with E-state index in [2.05, 4.69) is 97.1 Å². The van der Waals surface area contributed by atoms with Gasteiger partial charge in [-0.1, -0.05) is 140 Å². The first kappa shape index (κ1) is 29.0. The fraction of sp³-hybridized carbons (Fsp3) is 0. The zero-order chi connectivity index (χ0) is 33.7. The van der Waals surface area contributed by atoms with E-state index in [9.17, 15) is 0 Å². The number of pyridine rings is 1. The Labute approximate surface area is 293 Å². The molecule has 0 fully saturated rings. The van der Waals surface area contributed by atoms with Gasteiger partial charge in [0.05, 0.1) is 11.2 Å². The van der Waals surface area contributed by atoms with E-state index in [1.54, 1.807) is 0 Å². The van der Waals surface area contributed by atoms with Gasteiger partial charge in [0.2, 0.25) is 0 Å². The van der Waals surface area contributed by atoms with Gasteiger partial charge in [-0.3, -0.25) is 0 Å². The lowest BCUT2D eigenvalue weighted by Crippen LogP contribution is -2.00. The van der Waals surface area contributed by atoms with Crippen LogP contribution in [0.15, 0.2) is 174 Å². The number of fused-ring (bicyclic) bond motifs is 7. The molecule has 3 heterocycles. The minimum atomic E-state index is 0.631. The molecule has 0 aliphatic carbocycles. The van der Waals surface area contributed by atoms with Crippen LogP contribution in [0.5, 0.6) is 0 Å². The summed E-state index contributed by atoms with van der Waals surface area (Å²) in [6.45, 7) is 0. The summed E-state index contributed by atoms with van der Waals surface area (Å²) < 4.78 is 6.48. The molecule has 51 heavy (non-hydrogen) atoms. The summed E-state index contributed by atoms with van der Waals surface area (Å²) in [6, 6.07) is 58.0. The van der Waals surface area contributed by atoms with Crippen molar-refractivity contribution in [3.8, 4) is 56.5 Å². The Balaban J connectivity index is 1.11. The number of hydrogen-bond donors (Lipinski definition) is 0. The zero-order valence-electron chi connectivity index (χ0n) is 27.4. The van der Waals surface area contributed by atoms with Crippen LogP contribution < -0.4 is 0 Å². The summed E-state index contributed by atoms with van der Waals surface area (Å²) in [5.74, 6) is 1.92. The molecule has 0 bridgehead atoms. The Morgan fingerprint density at radius 1 is 0.314 bits per heavy atom. The Kier molecular flexibility index (Phi) is 6.74. The van der Waals surface area contributed by atoms with E-state index in [1.807, 2.05) is 72.8 Å². The molecule has 0 saturated carbocycles. The van der Waals surface area contributed by atoms with Crippen LogP contribution in [0.2, 0.25) is 0 Å². The third kappa shape index (κ3) is 5.03. The van der Waals surface area contributed by atoms with E-state index in [0.717, 1.165) is 82.7 Å². The van der Waals surface area contributed by atoms with Crippen LogP contribution in [0.25, 0.3) is 100 Å². The van der Waals surface area contributed by atoms with E-state index >= 15 is 0 Å². The zero-order valence-corrected chi connectivity index (χ0v) is 27.4. The number of benzene rings is 7. The average Bonchev–Trinajstić information content (AvgIpc) is 3.59. The highest BCUT2D eigenvalue weighted by molar-refractivity contribution is 6.28. The quantitative estimate of drug-likeness (QED) is 0.173. The highest BCUT2D eigenvalue weighted by Crippen LogP contribution is 2.42. The van der Waals surface area contributed by atoms with Crippen LogP contribution in [-0.2, 0) is 0 Å². The van der Waals surface area contributed by atoms with Crippen molar-refractivity contribution in [2.75, 3.05) is 0 Å². The van der Waals surface area contributed by atoms with Gasteiger partial charge in [0.25, 0.3) is 0 Å². The highest BCUT2D eigenvalue weighted by atomic mass is 16.3.